The maximum absolute atomic E-state index is 4.36. The fourth-order valence-electron chi connectivity index (χ4n) is 2.36. The van der Waals surface area contributed by atoms with E-state index in [0.29, 0.717) is 0 Å². The van der Waals surface area contributed by atoms with Crippen LogP contribution in [0.5, 0.6) is 0 Å². The normalized spacial score (nSPS) is 10.6. The van der Waals surface area contributed by atoms with Gasteiger partial charge in [-0.05, 0) is 59.3 Å². The summed E-state index contributed by atoms with van der Waals surface area (Å²) >= 11 is 3.58. The average molecular weight is 371 g/mol. The van der Waals surface area contributed by atoms with Gasteiger partial charge in [-0.2, -0.15) is 5.10 Å². The van der Waals surface area contributed by atoms with Gasteiger partial charge in [0.25, 0.3) is 0 Å². The summed E-state index contributed by atoms with van der Waals surface area (Å²) in [5.74, 6) is 0. The van der Waals surface area contributed by atoms with Crippen molar-refractivity contribution in [3.8, 4) is 11.3 Å². The number of nitrogens with one attached hydrogen (secondary N) is 2. The highest BCUT2D eigenvalue weighted by molar-refractivity contribution is 9.10. The lowest BCUT2D eigenvalue weighted by molar-refractivity contribution is 1.05. The number of aromatic amines is 1. The molecular weight excluding hydrogens is 352 g/mol. The zero-order chi connectivity index (χ0) is 16.4. The summed E-state index contributed by atoms with van der Waals surface area (Å²) in [6.07, 6.45) is 0. The highest BCUT2D eigenvalue weighted by Gasteiger charge is 2.10. The summed E-state index contributed by atoms with van der Waals surface area (Å²) in [5.41, 5.74) is 6.29. The molecular formula is C18H19BrN4. The van der Waals surface area contributed by atoms with E-state index in [-0.39, 0.29) is 0 Å². The van der Waals surface area contributed by atoms with Crippen LogP contribution in [0.1, 0.15) is 5.69 Å². The first-order valence-electron chi connectivity index (χ1n) is 7.40. The molecule has 4 nitrogen and oxygen atoms in total. The second-order valence-electron chi connectivity index (χ2n) is 5.66. The molecule has 0 unspecified atom stereocenters. The number of halogens is 1. The van der Waals surface area contributed by atoms with Crippen LogP contribution in [-0.4, -0.2) is 24.3 Å². The molecule has 0 aliphatic heterocycles. The molecule has 0 amide bonds. The first-order valence-corrected chi connectivity index (χ1v) is 8.19. The fourth-order valence-corrected chi connectivity index (χ4v) is 2.77. The van der Waals surface area contributed by atoms with Gasteiger partial charge in [0.1, 0.15) is 5.69 Å². The van der Waals surface area contributed by atoms with Gasteiger partial charge in [0, 0.05) is 42.4 Å². The van der Waals surface area contributed by atoms with E-state index in [1.165, 1.54) is 5.69 Å². The molecule has 0 spiro atoms. The Hall–Kier alpha value is -2.27. The second-order valence-corrected chi connectivity index (χ2v) is 6.45. The Bertz CT molecular complexity index is 806. The Morgan fingerprint density at radius 2 is 1.78 bits per heavy atom. The van der Waals surface area contributed by atoms with E-state index in [0.717, 1.165) is 32.8 Å². The van der Waals surface area contributed by atoms with Crippen molar-refractivity contribution in [2.24, 2.45) is 0 Å². The number of hydrogen-bond acceptors (Lipinski definition) is 3. The zero-order valence-electron chi connectivity index (χ0n) is 13.4. The predicted molar refractivity (Wildman–Crippen MR) is 101 cm³/mol. The molecule has 23 heavy (non-hydrogen) atoms. The summed E-state index contributed by atoms with van der Waals surface area (Å²) in [6.45, 7) is 2.00. The average Bonchev–Trinajstić information content (AvgIpc) is 2.88. The van der Waals surface area contributed by atoms with Crippen molar-refractivity contribution in [2.75, 3.05) is 24.3 Å². The molecule has 2 aromatic carbocycles. The molecule has 1 aromatic heterocycles. The minimum Gasteiger partial charge on any atom is -0.378 e. The van der Waals surface area contributed by atoms with Crippen molar-refractivity contribution in [1.82, 2.24) is 10.2 Å². The third-order valence-electron chi connectivity index (χ3n) is 3.68. The van der Waals surface area contributed by atoms with Gasteiger partial charge in [-0.25, -0.2) is 0 Å². The Kier molecular flexibility index (Phi) is 4.39. The van der Waals surface area contributed by atoms with Crippen LogP contribution in [0.3, 0.4) is 0 Å². The smallest absolute Gasteiger partial charge is 0.107 e. The lowest BCUT2D eigenvalue weighted by Crippen LogP contribution is -2.08. The molecule has 0 bridgehead atoms. The van der Waals surface area contributed by atoms with E-state index in [2.05, 4.69) is 78.8 Å². The number of aryl methyl sites for hydroxylation is 1. The molecule has 1 heterocycles. The second kappa shape index (κ2) is 6.46. The number of rotatable bonds is 4. The first kappa shape index (κ1) is 15.6. The summed E-state index contributed by atoms with van der Waals surface area (Å²) in [7, 11) is 4.07. The summed E-state index contributed by atoms with van der Waals surface area (Å²) < 4.78 is 1.00. The lowest BCUT2D eigenvalue weighted by atomic mass is 10.1. The summed E-state index contributed by atoms with van der Waals surface area (Å²) in [5, 5.41) is 10.8. The van der Waals surface area contributed by atoms with Crippen molar-refractivity contribution < 1.29 is 0 Å². The Labute approximate surface area is 144 Å². The van der Waals surface area contributed by atoms with Crippen molar-refractivity contribution in [3.05, 3.63) is 58.7 Å². The number of aromatic nitrogens is 2. The maximum Gasteiger partial charge on any atom is 0.107 e. The van der Waals surface area contributed by atoms with E-state index < -0.39 is 0 Å². The molecule has 0 radical (unpaired) electrons. The molecule has 3 aromatic rings. The van der Waals surface area contributed by atoms with Crippen LogP contribution in [-0.2, 0) is 0 Å². The molecule has 5 heteroatoms. The number of H-pyrrole nitrogens is 1. The van der Waals surface area contributed by atoms with Crippen LogP contribution < -0.4 is 10.2 Å². The van der Waals surface area contributed by atoms with Crippen LogP contribution >= 0.6 is 15.9 Å². The monoisotopic (exact) mass is 370 g/mol. The van der Waals surface area contributed by atoms with Crippen LogP contribution in [0.2, 0.25) is 0 Å². The topological polar surface area (TPSA) is 44.0 Å². The Morgan fingerprint density at radius 3 is 2.39 bits per heavy atom. The molecule has 0 saturated heterocycles. The molecule has 0 atom stereocenters. The predicted octanol–water partition coefficient (Wildman–Crippen LogP) is 4.96. The van der Waals surface area contributed by atoms with E-state index in [1.54, 1.807) is 0 Å². The number of hydrogen-bond donors (Lipinski definition) is 2. The first-order chi connectivity index (χ1) is 11.0. The minimum atomic E-state index is 0.925. The van der Waals surface area contributed by atoms with E-state index in [9.17, 15) is 0 Å². The van der Waals surface area contributed by atoms with Crippen molar-refractivity contribution >= 4 is 33.0 Å². The van der Waals surface area contributed by atoms with Gasteiger partial charge in [0.15, 0.2) is 0 Å². The van der Waals surface area contributed by atoms with Gasteiger partial charge < -0.3 is 10.2 Å². The zero-order valence-corrected chi connectivity index (χ0v) is 15.0. The summed E-state index contributed by atoms with van der Waals surface area (Å²) in [4.78, 5) is 2.09. The van der Waals surface area contributed by atoms with E-state index in [4.69, 9.17) is 0 Å². The number of anilines is 3. The number of nitrogens with zero attached hydrogens (tertiary/aromatic N) is 2. The van der Waals surface area contributed by atoms with Crippen LogP contribution in [0.15, 0.2) is 53.0 Å². The van der Waals surface area contributed by atoms with Crippen molar-refractivity contribution in [1.29, 1.82) is 0 Å². The third kappa shape index (κ3) is 3.40. The maximum atomic E-state index is 4.36. The largest absolute Gasteiger partial charge is 0.378 e. The standard InChI is InChI=1S/C18H19BrN4/c1-12-17(19)18(22-21-12)13-5-4-6-15(11-13)20-14-7-9-16(10-8-14)23(2)3/h4-11,20H,1-3H3,(H,21,22). The van der Waals surface area contributed by atoms with Gasteiger partial charge in [0.05, 0.1) is 4.47 Å². The third-order valence-corrected chi connectivity index (χ3v) is 4.65. The van der Waals surface area contributed by atoms with E-state index >= 15 is 0 Å². The molecule has 0 aliphatic rings. The fraction of sp³-hybridized carbons (Fsp3) is 0.167. The van der Waals surface area contributed by atoms with Gasteiger partial charge in [0.2, 0.25) is 0 Å². The Morgan fingerprint density at radius 1 is 1.04 bits per heavy atom. The molecule has 0 aliphatic carbocycles. The molecule has 0 fully saturated rings. The van der Waals surface area contributed by atoms with Crippen molar-refractivity contribution in [2.45, 2.75) is 6.92 Å². The minimum absolute atomic E-state index is 0.925. The van der Waals surface area contributed by atoms with Gasteiger partial charge in [-0.1, -0.05) is 12.1 Å². The van der Waals surface area contributed by atoms with E-state index in [1.807, 2.05) is 27.1 Å². The van der Waals surface area contributed by atoms with Crippen LogP contribution in [0.25, 0.3) is 11.3 Å². The highest BCUT2D eigenvalue weighted by atomic mass is 79.9. The number of benzene rings is 2. The summed E-state index contributed by atoms with van der Waals surface area (Å²) in [6, 6.07) is 16.6. The lowest BCUT2D eigenvalue weighted by Gasteiger charge is -2.13. The molecule has 118 valence electrons. The molecule has 3 rings (SSSR count). The van der Waals surface area contributed by atoms with Crippen LogP contribution in [0, 0.1) is 6.92 Å². The van der Waals surface area contributed by atoms with Gasteiger partial charge in [-0.15, -0.1) is 0 Å². The SMILES string of the molecule is Cc1[nH]nc(-c2cccc(Nc3ccc(N(C)C)cc3)c2)c1Br. The van der Waals surface area contributed by atoms with Crippen LogP contribution in [0.4, 0.5) is 17.1 Å². The quantitative estimate of drug-likeness (QED) is 0.682. The van der Waals surface area contributed by atoms with Crippen molar-refractivity contribution in [3.63, 3.8) is 0 Å². The van der Waals surface area contributed by atoms with Gasteiger partial charge >= 0.3 is 0 Å². The molecule has 2 N–H and O–H groups in total. The highest BCUT2D eigenvalue weighted by Crippen LogP contribution is 2.30. The molecule has 0 saturated carbocycles. The van der Waals surface area contributed by atoms with Gasteiger partial charge in [-0.3, -0.25) is 5.10 Å². The Balaban J connectivity index is 1.84.